The molecular weight excluding hydrogens is 411 g/mol. The number of cyclic esters (lactones) is 1. The van der Waals surface area contributed by atoms with Crippen LogP contribution in [0.4, 0.5) is 29.5 Å². The number of benzene rings is 1. The maximum Gasteiger partial charge on any atom is 0.430 e. The monoisotopic (exact) mass is 435 g/mol. The van der Waals surface area contributed by atoms with Gasteiger partial charge in [-0.1, -0.05) is 31.0 Å². The molecule has 4 rings (SSSR count). The van der Waals surface area contributed by atoms with Crippen LogP contribution < -0.4 is 16.4 Å². The number of nitrogen functional groups attached to an aromatic ring is 1. The number of carbonyl (C=O) groups is 1. The number of nitrogens with zero attached hydrogens (tertiary/aromatic N) is 1. The van der Waals surface area contributed by atoms with E-state index in [9.17, 15) is 18.0 Å². The number of pyridine rings is 1. The Morgan fingerprint density at radius 2 is 1.77 bits per heavy atom. The van der Waals surface area contributed by atoms with Crippen molar-refractivity contribution in [2.45, 2.75) is 38.0 Å². The summed E-state index contributed by atoms with van der Waals surface area (Å²) in [5.41, 5.74) is 5.60. The van der Waals surface area contributed by atoms with Gasteiger partial charge in [0.25, 0.3) is 0 Å². The zero-order valence-electron chi connectivity index (χ0n) is 16.8. The minimum Gasteiger partial charge on any atom is -0.431 e. The number of rotatable bonds is 2. The number of nitrogens with one attached hydrogen (secondary N) is 3. The second-order valence-electron chi connectivity index (χ2n) is 7.20. The van der Waals surface area contributed by atoms with Crippen LogP contribution >= 0.6 is 0 Å². The van der Waals surface area contributed by atoms with Crippen LogP contribution in [0.5, 0.6) is 0 Å². The lowest BCUT2D eigenvalue weighted by atomic mass is 9.94. The van der Waals surface area contributed by atoms with E-state index in [1.54, 1.807) is 12.1 Å². The maximum atomic E-state index is 13.3. The summed E-state index contributed by atoms with van der Waals surface area (Å²) in [6.07, 6.45) is -1.73. The lowest BCUT2D eigenvalue weighted by molar-refractivity contribution is -0.206. The van der Waals surface area contributed by atoms with Crippen molar-refractivity contribution in [2.75, 3.05) is 24.1 Å². The molecule has 7 nitrogen and oxygen atoms in total. The Bertz CT molecular complexity index is 929. The Morgan fingerprint density at radius 1 is 1.10 bits per heavy atom. The van der Waals surface area contributed by atoms with E-state index in [1.807, 2.05) is 0 Å². The van der Waals surface area contributed by atoms with E-state index < -0.39 is 23.9 Å². The first kappa shape index (κ1) is 22.5. The van der Waals surface area contributed by atoms with Crippen molar-refractivity contribution in [3.63, 3.8) is 0 Å². The highest BCUT2D eigenvalue weighted by Crippen LogP contribution is 2.43. The first-order chi connectivity index (χ1) is 14.8. The smallest absolute Gasteiger partial charge is 0.430 e. The molecule has 2 aliphatic heterocycles. The Hall–Kier alpha value is -3.14. The van der Waals surface area contributed by atoms with E-state index in [0.717, 1.165) is 0 Å². The molecular formula is C21H24F3N5O2. The molecule has 10 heteroatoms. The molecule has 3 heterocycles. The van der Waals surface area contributed by atoms with Crippen LogP contribution in [-0.4, -0.2) is 36.1 Å². The molecule has 5 N–H and O–H groups in total. The standard InChI is InChI=1S/C15H11F3N4O2.C6H13N/c16-15(17,18)12-10-8(5-6-21-13(10)22-14(23)24-12)11(20)7-3-1-2-4-9(7)19;1-2-4-6-7-5-3-1/h1-6,12,20H,19H2,(H,21,22,23);7H,1-6H2. The van der Waals surface area contributed by atoms with Gasteiger partial charge < -0.3 is 15.8 Å². The zero-order chi connectivity index (χ0) is 22.4. The van der Waals surface area contributed by atoms with Crippen LogP contribution in [0.25, 0.3) is 0 Å². The van der Waals surface area contributed by atoms with Crippen molar-refractivity contribution in [1.82, 2.24) is 10.3 Å². The number of fused-ring (bicyclic) bond motifs is 1. The molecule has 2 aromatic rings. The lowest BCUT2D eigenvalue weighted by Crippen LogP contribution is -2.35. The van der Waals surface area contributed by atoms with Gasteiger partial charge >= 0.3 is 12.3 Å². The summed E-state index contributed by atoms with van der Waals surface area (Å²) in [4.78, 5) is 15.1. The highest BCUT2D eigenvalue weighted by Gasteiger charge is 2.49. The minimum atomic E-state index is -4.84. The third-order valence-electron chi connectivity index (χ3n) is 4.95. The summed E-state index contributed by atoms with van der Waals surface area (Å²) in [6.45, 7) is 2.50. The van der Waals surface area contributed by atoms with Gasteiger partial charge in [0.05, 0.1) is 11.3 Å². The van der Waals surface area contributed by atoms with Crippen LogP contribution in [-0.2, 0) is 4.74 Å². The van der Waals surface area contributed by atoms with Gasteiger partial charge in [-0.15, -0.1) is 0 Å². The SMILES string of the molecule is C1CCCNCC1.N=C(c1ccccc1N)c1ccnc2c1C(C(F)(F)F)OC(=O)N2. The maximum absolute atomic E-state index is 13.3. The number of hydrogen-bond donors (Lipinski definition) is 4. The minimum absolute atomic E-state index is 0.0692. The van der Waals surface area contributed by atoms with Crippen molar-refractivity contribution in [3.8, 4) is 0 Å². The van der Waals surface area contributed by atoms with E-state index in [0.29, 0.717) is 0 Å². The molecule has 1 aromatic heterocycles. The summed E-state index contributed by atoms with van der Waals surface area (Å²) in [5.74, 6) is -0.287. The van der Waals surface area contributed by atoms with E-state index in [-0.39, 0.29) is 28.3 Å². The summed E-state index contributed by atoms with van der Waals surface area (Å²) < 4.78 is 44.3. The molecule has 1 saturated heterocycles. The molecule has 0 radical (unpaired) electrons. The van der Waals surface area contributed by atoms with Crippen molar-refractivity contribution < 1.29 is 22.7 Å². The van der Waals surface area contributed by atoms with E-state index in [2.05, 4.69) is 20.4 Å². The molecule has 1 fully saturated rings. The van der Waals surface area contributed by atoms with Gasteiger partial charge in [-0.2, -0.15) is 13.2 Å². The predicted molar refractivity (Wildman–Crippen MR) is 111 cm³/mol. The Balaban J connectivity index is 0.000000330. The molecule has 166 valence electrons. The first-order valence-corrected chi connectivity index (χ1v) is 9.97. The van der Waals surface area contributed by atoms with Crippen molar-refractivity contribution >= 4 is 23.3 Å². The van der Waals surface area contributed by atoms with Crippen LogP contribution in [0.15, 0.2) is 36.5 Å². The number of amides is 1. The predicted octanol–water partition coefficient (Wildman–Crippen LogP) is 4.40. The van der Waals surface area contributed by atoms with Crippen LogP contribution in [0.2, 0.25) is 0 Å². The lowest BCUT2D eigenvalue weighted by Gasteiger charge is -2.29. The Labute approximate surface area is 177 Å². The molecule has 1 unspecified atom stereocenters. The molecule has 2 aliphatic rings. The molecule has 0 bridgehead atoms. The van der Waals surface area contributed by atoms with Gasteiger partial charge in [0, 0.05) is 23.0 Å². The fourth-order valence-corrected chi connectivity index (χ4v) is 3.43. The van der Waals surface area contributed by atoms with Crippen molar-refractivity contribution in [3.05, 3.63) is 53.2 Å². The number of para-hydroxylation sites is 1. The average molecular weight is 435 g/mol. The van der Waals surface area contributed by atoms with E-state index in [4.69, 9.17) is 11.1 Å². The number of aromatic nitrogens is 1. The number of ether oxygens (including phenoxy) is 1. The zero-order valence-corrected chi connectivity index (χ0v) is 16.8. The highest BCUT2D eigenvalue weighted by molar-refractivity contribution is 6.15. The highest BCUT2D eigenvalue weighted by atomic mass is 19.4. The van der Waals surface area contributed by atoms with Gasteiger partial charge in [0.2, 0.25) is 6.10 Å². The molecule has 0 spiro atoms. The van der Waals surface area contributed by atoms with Gasteiger partial charge in [-0.3, -0.25) is 10.7 Å². The summed E-state index contributed by atoms with van der Waals surface area (Å²) >= 11 is 0. The van der Waals surface area contributed by atoms with Crippen LogP contribution in [0, 0.1) is 5.41 Å². The third-order valence-corrected chi connectivity index (χ3v) is 4.95. The molecule has 0 aliphatic carbocycles. The second kappa shape index (κ2) is 9.78. The molecule has 31 heavy (non-hydrogen) atoms. The molecule has 0 saturated carbocycles. The average Bonchev–Trinajstić information content (AvgIpc) is 3.05. The topological polar surface area (TPSA) is 113 Å². The number of nitrogens with two attached hydrogens (primary N) is 1. The molecule has 1 aromatic carbocycles. The molecule has 1 amide bonds. The number of anilines is 2. The number of halogens is 3. The first-order valence-electron chi connectivity index (χ1n) is 9.97. The number of alkyl halides is 3. The number of carbonyl (C=O) groups excluding carboxylic acids is 1. The summed E-state index contributed by atoms with van der Waals surface area (Å²) in [7, 11) is 0. The van der Waals surface area contributed by atoms with Gasteiger partial charge in [0.15, 0.2) is 0 Å². The largest absolute Gasteiger partial charge is 0.431 e. The van der Waals surface area contributed by atoms with Gasteiger partial charge in [0.1, 0.15) is 5.82 Å². The summed E-state index contributed by atoms with van der Waals surface area (Å²) in [5, 5.41) is 13.7. The van der Waals surface area contributed by atoms with E-state index >= 15 is 0 Å². The van der Waals surface area contributed by atoms with Crippen LogP contribution in [0.1, 0.15) is 48.5 Å². The van der Waals surface area contributed by atoms with Crippen molar-refractivity contribution in [1.29, 1.82) is 5.41 Å². The number of hydrogen-bond acceptors (Lipinski definition) is 6. The third kappa shape index (κ3) is 5.52. The van der Waals surface area contributed by atoms with E-state index in [1.165, 1.54) is 63.2 Å². The normalized spacial score (nSPS) is 18.4. The Morgan fingerprint density at radius 3 is 2.42 bits per heavy atom. The van der Waals surface area contributed by atoms with Crippen LogP contribution in [0.3, 0.4) is 0 Å². The van der Waals surface area contributed by atoms with Crippen molar-refractivity contribution in [2.24, 2.45) is 0 Å². The van der Waals surface area contributed by atoms with Gasteiger partial charge in [-0.05, 0) is 38.1 Å². The molecule has 1 atom stereocenters. The second-order valence-corrected chi connectivity index (χ2v) is 7.20. The quantitative estimate of drug-likeness (QED) is 0.413. The van der Waals surface area contributed by atoms with Gasteiger partial charge in [-0.25, -0.2) is 9.78 Å². The Kier molecular flexibility index (Phi) is 7.11. The summed E-state index contributed by atoms with van der Waals surface area (Å²) in [6, 6.07) is 7.59. The fraction of sp³-hybridized carbons (Fsp3) is 0.381. The fourth-order valence-electron chi connectivity index (χ4n) is 3.43.